The molecule has 0 amide bonds. The van der Waals surface area contributed by atoms with E-state index in [0.29, 0.717) is 0 Å². The molecule has 0 aromatic heterocycles. The van der Waals surface area contributed by atoms with Crippen LogP contribution in [-0.2, 0) is 0 Å². The van der Waals surface area contributed by atoms with E-state index in [-0.39, 0.29) is 0 Å². The Morgan fingerprint density at radius 1 is 1.44 bits per heavy atom. The van der Waals surface area contributed by atoms with E-state index in [9.17, 15) is 5.26 Å². The molecule has 2 rings (SSSR count). The molecule has 0 atom stereocenters. The van der Waals surface area contributed by atoms with Gasteiger partial charge in [0.25, 0.3) is 0 Å². The number of nitriles is 1. The number of hydrogen-bond acceptors (Lipinski definition) is 2. The molecule has 1 heterocycles. The third-order valence-corrected chi connectivity index (χ3v) is 3.44. The van der Waals surface area contributed by atoms with Gasteiger partial charge in [0.1, 0.15) is 6.07 Å². The fraction of sp³-hybridized carbons (Fsp3) is 0.308. The summed E-state index contributed by atoms with van der Waals surface area (Å²) < 4.78 is 0.875. The van der Waals surface area contributed by atoms with Crippen molar-refractivity contribution in [1.82, 2.24) is 0 Å². The Morgan fingerprint density at radius 2 is 2.25 bits per heavy atom. The van der Waals surface area contributed by atoms with Gasteiger partial charge in [0.2, 0.25) is 0 Å². The van der Waals surface area contributed by atoms with Crippen molar-refractivity contribution in [1.29, 1.82) is 5.26 Å². The first-order valence-corrected chi connectivity index (χ1v) is 6.11. The molecule has 16 heavy (non-hydrogen) atoms. The lowest BCUT2D eigenvalue weighted by Crippen LogP contribution is -2.29. The summed E-state index contributed by atoms with van der Waals surface area (Å²) in [6, 6.07) is 8.18. The zero-order valence-corrected chi connectivity index (χ0v) is 10.8. The van der Waals surface area contributed by atoms with Crippen molar-refractivity contribution in [2.45, 2.75) is 13.3 Å². The van der Waals surface area contributed by atoms with E-state index < -0.39 is 0 Å². The van der Waals surface area contributed by atoms with Crippen molar-refractivity contribution >= 4 is 21.6 Å². The molecule has 1 aromatic rings. The molecule has 82 valence electrons. The molecule has 1 aromatic carbocycles. The largest absolute Gasteiger partial charge is 0.366 e. The molecule has 0 bridgehead atoms. The second-order valence-electron chi connectivity index (χ2n) is 4.01. The molecule has 0 saturated heterocycles. The molecular formula is C13H13BrN2. The Hall–Kier alpha value is -1.27. The third-order valence-electron chi connectivity index (χ3n) is 2.78. The predicted molar refractivity (Wildman–Crippen MR) is 69.4 cm³/mol. The van der Waals surface area contributed by atoms with Gasteiger partial charge in [0.05, 0.1) is 11.3 Å². The van der Waals surface area contributed by atoms with E-state index >= 15 is 0 Å². The molecule has 0 fully saturated rings. The summed E-state index contributed by atoms with van der Waals surface area (Å²) in [5.41, 5.74) is 3.14. The van der Waals surface area contributed by atoms with Crippen molar-refractivity contribution in [3.63, 3.8) is 0 Å². The lowest BCUT2D eigenvalue weighted by Gasteiger charge is -2.29. The highest BCUT2D eigenvalue weighted by Crippen LogP contribution is 2.28. The zero-order valence-electron chi connectivity index (χ0n) is 9.20. The van der Waals surface area contributed by atoms with Crippen LogP contribution in [0.4, 0.5) is 5.69 Å². The molecule has 0 unspecified atom stereocenters. The summed E-state index contributed by atoms with van der Waals surface area (Å²) in [5, 5.41) is 9.17. The van der Waals surface area contributed by atoms with E-state index in [1.54, 1.807) is 0 Å². The SMILES string of the molecule is CC1=CCCN(c2cccc(Br)c2C#N)C1. The summed E-state index contributed by atoms with van der Waals surface area (Å²) in [6.07, 6.45) is 3.32. The zero-order chi connectivity index (χ0) is 11.5. The normalized spacial score (nSPS) is 15.6. The van der Waals surface area contributed by atoms with Crippen molar-refractivity contribution in [3.05, 3.63) is 39.9 Å². The maximum absolute atomic E-state index is 9.17. The number of halogens is 1. The monoisotopic (exact) mass is 276 g/mol. The van der Waals surface area contributed by atoms with Crippen LogP contribution >= 0.6 is 15.9 Å². The molecule has 0 aliphatic carbocycles. The van der Waals surface area contributed by atoms with Crippen molar-refractivity contribution in [3.8, 4) is 6.07 Å². The molecular weight excluding hydrogens is 264 g/mol. The molecule has 2 nitrogen and oxygen atoms in total. The van der Waals surface area contributed by atoms with Crippen LogP contribution in [0.25, 0.3) is 0 Å². The number of nitrogens with zero attached hydrogens (tertiary/aromatic N) is 2. The van der Waals surface area contributed by atoms with Gasteiger partial charge in [0.15, 0.2) is 0 Å². The van der Waals surface area contributed by atoms with Crippen molar-refractivity contribution < 1.29 is 0 Å². The first kappa shape index (κ1) is 11.2. The van der Waals surface area contributed by atoms with Gasteiger partial charge in [-0.25, -0.2) is 0 Å². The molecule has 3 heteroatoms. The van der Waals surface area contributed by atoms with Crippen molar-refractivity contribution in [2.24, 2.45) is 0 Å². The topological polar surface area (TPSA) is 27.0 Å². The third kappa shape index (κ3) is 2.12. The number of benzene rings is 1. The van der Waals surface area contributed by atoms with Crippen LogP contribution in [0, 0.1) is 11.3 Å². The predicted octanol–water partition coefficient (Wildman–Crippen LogP) is 3.48. The number of anilines is 1. The van der Waals surface area contributed by atoms with Gasteiger partial charge < -0.3 is 4.90 Å². The second kappa shape index (κ2) is 4.71. The highest BCUT2D eigenvalue weighted by Gasteiger charge is 2.15. The summed E-state index contributed by atoms with van der Waals surface area (Å²) in [4.78, 5) is 2.26. The van der Waals surface area contributed by atoms with Crippen LogP contribution in [0.1, 0.15) is 18.9 Å². The van der Waals surface area contributed by atoms with Gasteiger partial charge in [-0.2, -0.15) is 5.26 Å². The Kier molecular flexibility index (Phi) is 3.31. The fourth-order valence-electron chi connectivity index (χ4n) is 2.00. The smallest absolute Gasteiger partial charge is 0.103 e. The Bertz CT molecular complexity index is 471. The van der Waals surface area contributed by atoms with E-state index in [2.05, 4.69) is 39.9 Å². The van der Waals surface area contributed by atoms with Crippen LogP contribution in [0.15, 0.2) is 34.3 Å². The van der Waals surface area contributed by atoms with E-state index in [1.165, 1.54) is 5.57 Å². The maximum atomic E-state index is 9.17. The van der Waals surface area contributed by atoms with Gasteiger partial charge in [-0.1, -0.05) is 17.7 Å². The summed E-state index contributed by atoms with van der Waals surface area (Å²) >= 11 is 3.43. The summed E-state index contributed by atoms with van der Waals surface area (Å²) in [7, 11) is 0. The van der Waals surface area contributed by atoms with E-state index in [4.69, 9.17) is 0 Å². The Balaban J connectivity index is 2.38. The quantitative estimate of drug-likeness (QED) is 0.735. The highest BCUT2D eigenvalue weighted by atomic mass is 79.9. The molecule has 0 N–H and O–H groups in total. The number of rotatable bonds is 1. The van der Waals surface area contributed by atoms with Gasteiger partial charge in [-0.05, 0) is 41.4 Å². The van der Waals surface area contributed by atoms with Gasteiger partial charge in [-0.3, -0.25) is 0 Å². The lowest BCUT2D eigenvalue weighted by atomic mass is 10.1. The Morgan fingerprint density at radius 3 is 2.94 bits per heavy atom. The number of hydrogen-bond donors (Lipinski definition) is 0. The molecule has 0 spiro atoms. The van der Waals surface area contributed by atoms with Gasteiger partial charge in [0, 0.05) is 17.6 Å². The second-order valence-corrected chi connectivity index (χ2v) is 4.86. The van der Waals surface area contributed by atoms with Crippen LogP contribution in [0.5, 0.6) is 0 Å². The molecule has 1 aliphatic heterocycles. The maximum Gasteiger partial charge on any atom is 0.103 e. The van der Waals surface area contributed by atoms with E-state index in [1.807, 2.05) is 18.2 Å². The molecule has 0 radical (unpaired) electrons. The minimum absolute atomic E-state index is 0.734. The fourth-order valence-corrected chi connectivity index (χ4v) is 2.45. The minimum Gasteiger partial charge on any atom is -0.366 e. The van der Waals surface area contributed by atoms with Crippen LogP contribution in [0.3, 0.4) is 0 Å². The highest BCUT2D eigenvalue weighted by molar-refractivity contribution is 9.10. The van der Waals surface area contributed by atoms with E-state index in [0.717, 1.165) is 35.2 Å². The van der Waals surface area contributed by atoms with Crippen LogP contribution in [0.2, 0.25) is 0 Å². The lowest BCUT2D eigenvalue weighted by molar-refractivity contribution is 0.790. The van der Waals surface area contributed by atoms with Gasteiger partial charge in [-0.15, -0.1) is 0 Å². The standard InChI is InChI=1S/C13H13BrN2/c1-10-4-3-7-16(9-10)13-6-2-5-12(14)11(13)8-15/h2,4-6H,3,7,9H2,1H3. The average Bonchev–Trinajstić information content (AvgIpc) is 2.28. The summed E-state index contributed by atoms with van der Waals surface area (Å²) in [5.74, 6) is 0. The minimum atomic E-state index is 0.734. The molecule has 0 saturated carbocycles. The first-order valence-electron chi connectivity index (χ1n) is 5.31. The summed E-state index contributed by atoms with van der Waals surface area (Å²) in [6.45, 7) is 4.05. The average molecular weight is 277 g/mol. The van der Waals surface area contributed by atoms with Crippen LogP contribution in [-0.4, -0.2) is 13.1 Å². The van der Waals surface area contributed by atoms with Gasteiger partial charge >= 0.3 is 0 Å². The molecule has 1 aliphatic rings. The first-order chi connectivity index (χ1) is 7.72. The van der Waals surface area contributed by atoms with Crippen molar-refractivity contribution in [2.75, 3.05) is 18.0 Å². The Labute approximate surface area is 104 Å². The van der Waals surface area contributed by atoms with Crippen LogP contribution < -0.4 is 4.90 Å².